The van der Waals surface area contributed by atoms with Crippen molar-refractivity contribution in [1.82, 2.24) is 4.98 Å². The monoisotopic (exact) mass is 383 g/mol. The van der Waals surface area contributed by atoms with Crippen molar-refractivity contribution in [2.45, 2.75) is 18.7 Å². The van der Waals surface area contributed by atoms with E-state index in [0.29, 0.717) is 43.1 Å². The number of nitrogens with zero attached hydrogens (tertiary/aromatic N) is 1. The molecular formula is C19H20F3NO4. The fraction of sp³-hybridized carbons (Fsp3) is 0.421. The second-order valence-corrected chi connectivity index (χ2v) is 6.06. The van der Waals surface area contributed by atoms with Crippen LogP contribution in [0.3, 0.4) is 0 Å². The van der Waals surface area contributed by atoms with Gasteiger partial charge in [-0.25, -0.2) is 0 Å². The molecule has 0 saturated carbocycles. The minimum Gasteiger partial charge on any atom is -0.495 e. The van der Waals surface area contributed by atoms with Crippen molar-refractivity contribution in [3.8, 4) is 22.6 Å². The van der Waals surface area contributed by atoms with Crippen molar-refractivity contribution in [3.63, 3.8) is 0 Å². The van der Waals surface area contributed by atoms with E-state index >= 15 is 0 Å². The molecule has 0 radical (unpaired) electrons. The predicted molar refractivity (Wildman–Crippen MR) is 91.9 cm³/mol. The molecule has 8 heteroatoms. The van der Waals surface area contributed by atoms with Crippen molar-refractivity contribution in [2.24, 2.45) is 0 Å². The molecule has 1 atom stereocenters. The second kappa shape index (κ2) is 8.58. The summed E-state index contributed by atoms with van der Waals surface area (Å²) >= 11 is 0. The lowest BCUT2D eigenvalue weighted by molar-refractivity contribution is -0.137. The van der Waals surface area contributed by atoms with Gasteiger partial charge in [0.15, 0.2) is 0 Å². The van der Waals surface area contributed by atoms with Gasteiger partial charge in [-0.15, -0.1) is 0 Å². The summed E-state index contributed by atoms with van der Waals surface area (Å²) in [7, 11) is 1.47. The van der Waals surface area contributed by atoms with Crippen LogP contribution in [0.5, 0.6) is 11.5 Å². The summed E-state index contributed by atoms with van der Waals surface area (Å²) in [6.07, 6.45) is -1.09. The average molecular weight is 383 g/mol. The molecule has 1 saturated heterocycles. The normalized spacial score (nSPS) is 17.6. The van der Waals surface area contributed by atoms with E-state index in [9.17, 15) is 13.2 Å². The number of benzene rings is 1. The third kappa shape index (κ3) is 5.33. The zero-order chi connectivity index (χ0) is 19.3. The molecule has 3 rings (SSSR count). The lowest BCUT2D eigenvalue weighted by Gasteiger charge is -2.23. The summed E-state index contributed by atoms with van der Waals surface area (Å²) in [6.45, 7) is 1.77. The van der Waals surface area contributed by atoms with Crippen molar-refractivity contribution in [3.05, 3.63) is 42.2 Å². The first-order valence-electron chi connectivity index (χ1n) is 8.49. The third-order valence-corrected chi connectivity index (χ3v) is 4.11. The van der Waals surface area contributed by atoms with Gasteiger partial charge in [0.25, 0.3) is 0 Å². The summed E-state index contributed by atoms with van der Waals surface area (Å²) in [5, 5.41) is 0. The van der Waals surface area contributed by atoms with Gasteiger partial charge < -0.3 is 18.9 Å². The highest BCUT2D eigenvalue weighted by molar-refractivity contribution is 5.67. The zero-order valence-corrected chi connectivity index (χ0v) is 14.8. The Hall–Kier alpha value is -2.32. The molecule has 1 unspecified atom stereocenters. The molecule has 0 bridgehead atoms. The highest BCUT2D eigenvalue weighted by Crippen LogP contribution is 2.36. The molecule has 1 aliphatic rings. The molecule has 27 heavy (non-hydrogen) atoms. The maximum absolute atomic E-state index is 13.3. The molecule has 0 N–H and O–H groups in total. The van der Waals surface area contributed by atoms with Crippen LogP contribution in [0.2, 0.25) is 0 Å². The fourth-order valence-corrected chi connectivity index (χ4v) is 2.71. The van der Waals surface area contributed by atoms with Crippen LogP contribution < -0.4 is 9.47 Å². The Labute approximate surface area is 155 Å². The van der Waals surface area contributed by atoms with Gasteiger partial charge in [-0.3, -0.25) is 4.98 Å². The maximum atomic E-state index is 13.3. The molecule has 2 heterocycles. The summed E-state index contributed by atoms with van der Waals surface area (Å²) in [4.78, 5) is 4.00. The molecule has 146 valence electrons. The van der Waals surface area contributed by atoms with E-state index in [1.165, 1.54) is 19.5 Å². The van der Waals surface area contributed by atoms with Gasteiger partial charge in [-0.05, 0) is 29.8 Å². The number of alkyl halides is 3. The molecule has 1 aliphatic heterocycles. The van der Waals surface area contributed by atoms with E-state index in [0.717, 1.165) is 12.1 Å². The Morgan fingerprint density at radius 1 is 1.07 bits per heavy atom. The van der Waals surface area contributed by atoms with Gasteiger partial charge in [0.2, 0.25) is 0 Å². The average Bonchev–Trinajstić information content (AvgIpc) is 2.68. The van der Waals surface area contributed by atoms with Gasteiger partial charge in [0, 0.05) is 18.2 Å². The Balaban J connectivity index is 1.80. The van der Waals surface area contributed by atoms with Crippen LogP contribution >= 0.6 is 0 Å². The van der Waals surface area contributed by atoms with Gasteiger partial charge in [0.1, 0.15) is 11.5 Å². The van der Waals surface area contributed by atoms with Gasteiger partial charge in [0.05, 0.1) is 51.4 Å². The maximum Gasteiger partial charge on any atom is 0.416 e. The van der Waals surface area contributed by atoms with Gasteiger partial charge in [-0.1, -0.05) is 0 Å². The quantitative estimate of drug-likeness (QED) is 0.756. The van der Waals surface area contributed by atoms with E-state index < -0.39 is 11.7 Å². The first kappa shape index (κ1) is 19.4. The minimum absolute atomic E-state index is 0.105. The van der Waals surface area contributed by atoms with Gasteiger partial charge in [-0.2, -0.15) is 13.2 Å². The molecular weight excluding hydrogens is 363 g/mol. The molecule has 0 aliphatic carbocycles. The van der Waals surface area contributed by atoms with Crippen LogP contribution in [0.1, 0.15) is 12.0 Å². The van der Waals surface area contributed by atoms with E-state index in [4.69, 9.17) is 18.9 Å². The summed E-state index contributed by atoms with van der Waals surface area (Å²) in [5.41, 5.74) is 0.0767. The lowest BCUT2D eigenvalue weighted by Crippen LogP contribution is -2.29. The van der Waals surface area contributed by atoms with Crippen molar-refractivity contribution >= 4 is 0 Å². The molecule has 1 fully saturated rings. The minimum atomic E-state index is -4.49. The molecule has 0 spiro atoms. The first-order chi connectivity index (χ1) is 13.0. The highest BCUT2D eigenvalue weighted by atomic mass is 19.4. The predicted octanol–water partition coefficient (Wildman–Crippen LogP) is 3.96. The highest BCUT2D eigenvalue weighted by Gasteiger charge is 2.31. The number of hydrogen-bond donors (Lipinski definition) is 0. The van der Waals surface area contributed by atoms with E-state index in [2.05, 4.69) is 4.98 Å². The molecule has 2 aromatic rings. The standard InChI is InChI=1S/C19H20F3NO4/c1-24-18-8-14(10-23-11-18)13-6-15(19(20,21)22)9-17(7-13)26-3-2-16-12-25-4-5-27-16/h6-11,16H,2-5,12H2,1H3. The molecule has 1 aromatic heterocycles. The number of halogens is 3. The van der Waals surface area contributed by atoms with Crippen LogP contribution in [0, 0.1) is 0 Å². The van der Waals surface area contributed by atoms with Crippen molar-refractivity contribution < 1.29 is 32.1 Å². The van der Waals surface area contributed by atoms with Crippen LogP contribution in [-0.4, -0.2) is 44.6 Å². The van der Waals surface area contributed by atoms with Crippen molar-refractivity contribution in [1.29, 1.82) is 0 Å². The van der Waals surface area contributed by atoms with E-state index in [1.807, 2.05) is 0 Å². The van der Waals surface area contributed by atoms with Crippen LogP contribution in [0.25, 0.3) is 11.1 Å². The van der Waals surface area contributed by atoms with Crippen LogP contribution in [-0.2, 0) is 15.7 Å². The van der Waals surface area contributed by atoms with E-state index in [-0.39, 0.29) is 18.5 Å². The number of ether oxygens (including phenoxy) is 4. The zero-order valence-electron chi connectivity index (χ0n) is 14.8. The number of pyridine rings is 1. The Morgan fingerprint density at radius 3 is 2.59 bits per heavy atom. The number of rotatable bonds is 6. The molecule has 5 nitrogen and oxygen atoms in total. The Kier molecular flexibility index (Phi) is 6.18. The van der Waals surface area contributed by atoms with Gasteiger partial charge >= 0.3 is 6.18 Å². The summed E-state index contributed by atoms with van der Waals surface area (Å²) < 4.78 is 61.3. The number of aromatic nitrogens is 1. The van der Waals surface area contributed by atoms with Crippen LogP contribution in [0.15, 0.2) is 36.7 Å². The smallest absolute Gasteiger partial charge is 0.416 e. The summed E-state index contributed by atoms with van der Waals surface area (Å²) in [6, 6.07) is 5.25. The number of methoxy groups -OCH3 is 1. The van der Waals surface area contributed by atoms with Crippen molar-refractivity contribution in [2.75, 3.05) is 33.5 Å². The number of hydrogen-bond acceptors (Lipinski definition) is 5. The Bertz CT molecular complexity index is 761. The molecule has 0 amide bonds. The third-order valence-electron chi connectivity index (χ3n) is 4.11. The topological polar surface area (TPSA) is 49.8 Å². The Morgan fingerprint density at radius 2 is 1.89 bits per heavy atom. The largest absolute Gasteiger partial charge is 0.495 e. The SMILES string of the molecule is COc1cncc(-c2cc(OCCC3COCCO3)cc(C(F)(F)F)c2)c1. The van der Waals surface area contributed by atoms with Crippen LogP contribution in [0.4, 0.5) is 13.2 Å². The molecule has 1 aromatic carbocycles. The first-order valence-corrected chi connectivity index (χ1v) is 8.49. The fourth-order valence-electron chi connectivity index (χ4n) is 2.71. The second-order valence-electron chi connectivity index (χ2n) is 6.06. The lowest BCUT2D eigenvalue weighted by atomic mass is 10.0. The van der Waals surface area contributed by atoms with E-state index in [1.54, 1.807) is 12.1 Å². The summed E-state index contributed by atoms with van der Waals surface area (Å²) in [5.74, 6) is 0.598.